The highest BCUT2D eigenvalue weighted by Crippen LogP contribution is 2.38. The van der Waals surface area contributed by atoms with Crippen molar-refractivity contribution in [3.05, 3.63) is 96.2 Å². The summed E-state index contributed by atoms with van der Waals surface area (Å²) in [5.74, 6) is 3.20. The number of benzene rings is 4. The van der Waals surface area contributed by atoms with Crippen molar-refractivity contribution in [2.24, 2.45) is 0 Å². The Labute approximate surface area is 341 Å². The topological polar surface area (TPSA) is 180 Å². The number of pyridine rings is 1. The summed E-state index contributed by atoms with van der Waals surface area (Å²) in [6.45, 7) is 8.91. The van der Waals surface area contributed by atoms with Crippen LogP contribution in [-0.4, -0.2) is 80.7 Å². The second kappa shape index (κ2) is 21.3. The number of hydrogen-bond acceptors (Lipinski definition) is 11. The summed E-state index contributed by atoms with van der Waals surface area (Å²) < 4.78 is 62.6. The van der Waals surface area contributed by atoms with E-state index in [1.807, 2.05) is 69.3 Å². The third-order valence-electron chi connectivity index (χ3n) is 8.65. The Bertz CT molecular complexity index is 2160. The van der Waals surface area contributed by atoms with E-state index in [2.05, 4.69) is 25.7 Å². The third kappa shape index (κ3) is 12.8. The minimum absolute atomic E-state index is 0.0504. The first-order valence-corrected chi connectivity index (χ1v) is 19.6. The molecular formula is C42H51N5O10S. The van der Waals surface area contributed by atoms with E-state index >= 15 is 0 Å². The fraction of sp³-hybridized carbons (Fsp3) is 0.333. The molecule has 1 atom stereocenters. The second-order valence-electron chi connectivity index (χ2n) is 13.8. The van der Waals surface area contributed by atoms with E-state index in [0.29, 0.717) is 96.8 Å². The number of ether oxygens (including phenoxy) is 7. The molecule has 15 nitrogen and oxygen atoms in total. The fourth-order valence-electron chi connectivity index (χ4n) is 5.82. The molecule has 58 heavy (non-hydrogen) atoms. The lowest BCUT2D eigenvalue weighted by atomic mass is 9.85. The van der Waals surface area contributed by atoms with Gasteiger partial charge in [-0.25, -0.2) is 18.7 Å². The first-order valence-electron chi connectivity index (χ1n) is 18.5. The van der Waals surface area contributed by atoms with E-state index in [4.69, 9.17) is 33.2 Å². The molecule has 5 aromatic rings. The lowest BCUT2D eigenvalue weighted by Crippen LogP contribution is -2.22. The first kappa shape index (κ1) is 43.6. The molecule has 0 spiro atoms. The normalized spacial score (nSPS) is 11.8. The molecule has 4 aromatic carbocycles. The highest BCUT2D eigenvalue weighted by atomic mass is 32.2. The van der Waals surface area contributed by atoms with Gasteiger partial charge < -0.3 is 49.1 Å². The fourth-order valence-corrected chi connectivity index (χ4v) is 6.10. The summed E-state index contributed by atoms with van der Waals surface area (Å²) in [6, 6.07) is 23.4. The Hall–Kier alpha value is -5.49. The van der Waals surface area contributed by atoms with Crippen molar-refractivity contribution in [3.63, 3.8) is 0 Å². The summed E-state index contributed by atoms with van der Waals surface area (Å²) in [6.07, 6.45) is 1.64. The standard InChI is InChI=1S/C42H51N5O10S/c1-42(2,3)29-21-28(27-44-58(49)50)40(53-6)37(22-29)47-41(48)46-36-11-12-38(35-10-8-7-9-34(35)36)57-31-13-14-43-39(26-31)45-30-23-32(52-5)25-33(24-30)56-20-19-55-18-17-54-16-15-51-4/h7-14,21-26,44H,15-20,27H2,1-6H3,(H,43,45)(H,49,50)(H2,46,47,48). The van der Waals surface area contributed by atoms with Crippen LogP contribution in [0.25, 0.3) is 10.8 Å². The van der Waals surface area contributed by atoms with Gasteiger partial charge in [0.25, 0.3) is 0 Å². The van der Waals surface area contributed by atoms with Crippen LogP contribution in [0.2, 0.25) is 0 Å². The number of carbonyl (C=O) groups excluding carboxylic acids is 1. The number of hydrogen-bond donors (Lipinski definition) is 5. The van der Waals surface area contributed by atoms with Crippen LogP contribution < -0.4 is 39.6 Å². The van der Waals surface area contributed by atoms with Crippen molar-refractivity contribution < 1.29 is 46.7 Å². The van der Waals surface area contributed by atoms with Gasteiger partial charge in [0, 0.05) is 66.1 Å². The molecule has 0 aliphatic heterocycles. The number of amides is 2. The molecule has 2 amide bonds. The molecule has 1 aromatic heterocycles. The molecule has 5 rings (SSSR count). The minimum Gasteiger partial charge on any atom is -0.497 e. The zero-order chi connectivity index (χ0) is 41.5. The van der Waals surface area contributed by atoms with E-state index in [1.165, 1.54) is 7.11 Å². The highest BCUT2D eigenvalue weighted by molar-refractivity contribution is 7.77. The van der Waals surface area contributed by atoms with E-state index in [-0.39, 0.29) is 12.0 Å². The molecule has 1 unspecified atom stereocenters. The molecule has 0 radical (unpaired) electrons. The molecule has 0 saturated carbocycles. The Balaban J connectivity index is 1.27. The van der Waals surface area contributed by atoms with Crippen LogP contribution >= 0.6 is 0 Å². The van der Waals surface area contributed by atoms with Crippen LogP contribution in [0, 0.1) is 0 Å². The number of fused-ring (bicyclic) bond motifs is 1. The maximum atomic E-state index is 13.5. The molecule has 16 heteroatoms. The molecule has 0 fully saturated rings. The monoisotopic (exact) mass is 817 g/mol. The maximum absolute atomic E-state index is 13.5. The molecular weight excluding hydrogens is 767 g/mol. The average molecular weight is 818 g/mol. The van der Waals surface area contributed by atoms with Gasteiger partial charge in [-0.1, -0.05) is 51.1 Å². The third-order valence-corrected chi connectivity index (χ3v) is 9.04. The van der Waals surface area contributed by atoms with Gasteiger partial charge in [-0.15, -0.1) is 0 Å². The van der Waals surface area contributed by atoms with E-state index < -0.39 is 17.3 Å². The molecule has 0 aliphatic carbocycles. The Kier molecular flexibility index (Phi) is 16.0. The number of urea groups is 1. The van der Waals surface area contributed by atoms with E-state index in [0.717, 1.165) is 16.3 Å². The van der Waals surface area contributed by atoms with Crippen molar-refractivity contribution in [1.29, 1.82) is 0 Å². The van der Waals surface area contributed by atoms with Gasteiger partial charge in [-0.2, -0.15) is 0 Å². The Morgan fingerprint density at radius 2 is 1.47 bits per heavy atom. The quantitative estimate of drug-likeness (QED) is 0.0356. The van der Waals surface area contributed by atoms with Gasteiger partial charge in [0.2, 0.25) is 11.3 Å². The minimum atomic E-state index is -2.23. The summed E-state index contributed by atoms with van der Waals surface area (Å²) in [4.78, 5) is 18.0. The Morgan fingerprint density at radius 1 is 0.759 bits per heavy atom. The predicted molar refractivity (Wildman–Crippen MR) is 225 cm³/mol. The maximum Gasteiger partial charge on any atom is 0.323 e. The van der Waals surface area contributed by atoms with E-state index in [9.17, 15) is 13.6 Å². The van der Waals surface area contributed by atoms with Gasteiger partial charge in [-0.05, 0) is 35.2 Å². The molecule has 5 N–H and O–H groups in total. The molecule has 310 valence electrons. The smallest absolute Gasteiger partial charge is 0.323 e. The van der Waals surface area contributed by atoms with Gasteiger partial charge in [0.15, 0.2) is 0 Å². The van der Waals surface area contributed by atoms with Crippen LogP contribution in [0.15, 0.2) is 85.1 Å². The van der Waals surface area contributed by atoms with Crippen LogP contribution in [0.5, 0.6) is 28.7 Å². The largest absolute Gasteiger partial charge is 0.497 e. The van der Waals surface area contributed by atoms with E-state index in [1.54, 1.807) is 50.7 Å². The molecule has 1 heterocycles. The number of carbonyl (C=O) groups is 1. The highest BCUT2D eigenvalue weighted by Gasteiger charge is 2.21. The van der Waals surface area contributed by atoms with Gasteiger partial charge in [0.1, 0.15) is 41.2 Å². The number of aromatic nitrogens is 1. The van der Waals surface area contributed by atoms with Gasteiger partial charge in [0.05, 0.1) is 58.6 Å². The van der Waals surface area contributed by atoms with Crippen LogP contribution in [-0.2, 0) is 37.4 Å². The lowest BCUT2D eigenvalue weighted by Gasteiger charge is -2.24. The van der Waals surface area contributed by atoms with Gasteiger partial charge in [-0.3, -0.25) is 4.55 Å². The summed E-state index contributed by atoms with van der Waals surface area (Å²) in [7, 11) is 4.70. The second-order valence-corrected chi connectivity index (χ2v) is 14.6. The van der Waals surface area contributed by atoms with Crippen LogP contribution in [0.4, 0.5) is 27.7 Å². The van der Waals surface area contributed by atoms with Crippen molar-refractivity contribution in [2.45, 2.75) is 32.7 Å². The first-order chi connectivity index (χ1) is 28.0. The van der Waals surface area contributed by atoms with Crippen molar-refractivity contribution in [2.75, 3.05) is 76.9 Å². The molecule has 0 aliphatic rings. The zero-order valence-electron chi connectivity index (χ0n) is 33.5. The molecule has 0 saturated heterocycles. The number of nitrogens with zero attached hydrogens (tertiary/aromatic N) is 1. The summed E-state index contributed by atoms with van der Waals surface area (Å²) in [5, 5.41) is 10.7. The van der Waals surface area contributed by atoms with Crippen LogP contribution in [0.3, 0.4) is 0 Å². The summed E-state index contributed by atoms with van der Waals surface area (Å²) >= 11 is -2.23. The number of methoxy groups -OCH3 is 3. The Morgan fingerprint density at radius 3 is 2.17 bits per heavy atom. The average Bonchev–Trinajstić information content (AvgIpc) is 3.20. The number of nitrogens with one attached hydrogen (secondary N) is 4. The SMILES string of the molecule is COCCOCCOCCOc1cc(Nc2cc(Oc3ccc(NC(=O)Nc4cc(C(C)(C)C)cc(CNS(=O)O)c4OC)c4ccccc34)ccn2)cc(OC)c1. The molecule has 0 bridgehead atoms. The van der Waals surface area contributed by atoms with Crippen molar-refractivity contribution in [1.82, 2.24) is 9.71 Å². The van der Waals surface area contributed by atoms with Crippen molar-refractivity contribution in [3.8, 4) is 28.7 Å². The van der Waals surface area contributed by atoms with Gasteiger partial charge >= 0.3 is 6.03 Å². The lowest BCUT2D eigenvalue weighted by molar-refractivity contribution is 0.0179. The number of anilines is 4. The summed E-state index contributed by atoms with van der Waals surface area (Å²) in [5.41, 5.74) is 2.90. The zero-order valence-corrected chi connectivity index (χ0v) is 34.3. The van der Waals surface area contributed by atoms with Crippen molar-refractivity contribution >= 4 is 51.0 Å². The van der Waals surface area contributed by atoms with Crippen LogP contribution in [0.1, 0.15) is 31.9 Å². The number of rotatable bonds is 21. The predicted octanol–water partition coefficient (Wildman–Crippen LogP) is 8.01.